The minimum atomic E-state index is -0.130. The number of aromatic nitrogens is 5. The Morgan fingerprint density at radius 2 is 1.87 bits per heavy atom. The first-order valence-electron chi connectivity index (χ1n) is 9.43. The molecule has 158 valence electrons. The van der Waals surface area contributed by atoms with Gasteiger partial charge in [-0.3, -0.25) is 4.79 Å². The smallest absolute Gasteiger partial charge is 0.234 e. The summed E-state index contributed by atoms with van der Waals surface area (Å²) in [7, 11) is 1.58. The Bertz CT molecular complexity index is 1000. The number of methoxy groups -OCH3 is 1. The molecule has 0 aliphatic carbocycles. The molecule has 0 fully saturated rings. The summed E-state index contributed by atoms with van der Waals surface area (Å²) in [6, 6.07) is 9.27. The van der Waals surface area contributed by atoms with Crippen LogP contribution in [0, 0.1) is 13.8 Å². The second-order valence-electron chi connectivity index (χ2n) is 6.40. The molecule has 0 saturated heterocycles. The molecule has 0 atom stereocenters. The van der Waals surface area contributed by atoms with Crippen LogP contribution in [0.15, 0.2) is 40.6 Å². The molecule has 0 radical (unpaired) electrons. The zero-order valence-electron chi connectivity index (χ0n) is 17.4. The van der Waals surface area contributed by atoms with Crippen LogP contribution in [0.4, 0.5) is 5.69 Å². The van der Waals surface area contributed by atoms with Gasteiger partial charge in [-0.1, -0.05) is 35.7 Å². The lowest BCUT2D eigenvalue weighted by molar-refractivity contribution is -0.113. The largest absolute Gasteiger partial charge is 0.495 e. The summed E-state index contributed by atoms with van der Waals surface area (Å²) < 4.78 is 7.28. The number of hydrogen-bond acceptors (Lipinski definition) is 8. The maximum Gasteiger partial charge on any atom is 0.234 e. The van der Waals surface area contributed by atoms with E-state index in [1.807, 2.05) is 43.5 Å². The summed E-state index contributed by atoms with van der Waals surface area (Å²) in [6.45, 7) is 6.66. The first kappa shape index (κ1) is 22.1. The molecule has 10 heteroatoms. The molecule has 0 spiro atoms. The Hall–Kier alpha value is -2.59. The van der Waals surface area contributed by atoms with Gasteiger partial charge < -0.3 is 14.6 Å². The first-order valence-corrected chi connectivity index (χ1v) is 11.4. The molecule has 1 amide bonds. The normalized spacial score (nSPS) is 10.8. The van der Waals surface area contributed by atoms with Crippen molar-refractivity contribution in [3.05, 3.63) is 47.5 Å². The van der Waals surface area contributed by atoms with Crippen molar-refractivity contribution in [1.82, 2.24) is 24.7 Å². The fourth-order valence-corrected chi connectivity index (χ4v) is 4.51. The number of aryl methyl sites for hydroxylation is 2. The number of anilines is 1. The number of rotatable bonds is 9. The number of para-hydroxylation sites is 2. The maximum atomic E-state index is 12.4. The summed E-state index contributed by atoms with van der Waals surface area (Å²) in [6.07, 6.45) is 0. The monoisotopic (exact) mass is 444 g/mol. The van der Waals surface area contributed by atoms with Crippen molar-refractivity contribution in [2.75, 3.05) is 18.2 Å². The summed E-state index contributed by atoms with van der Waals surface area (Å²) in [5.41, 5.74) is 2.53. The van der Waals surface area contributed by atoms with Gasteiger partial charge in [-0.2, -0.15) is 0 Å². The lowest BCUT2D eigenvalue weighted by Gasteiger charge is -2.10. The number of carbonyl (C=O) groups is 1. The highest BCUT2D eigenvalue weighted by molar-refractivity contribution is 7.99. The van der Waals surface area contributed by atoms with Crippen LogP contribution in [-0.2, 0) is 17.1 Å². The molecule has 0 bridgehead atoms. The van der Waals surface area contributed by atoms with E-state index in [1.165, 1.54) is 23.5 Å². The zero-order valence-corrected chi connectivity index (χ0v) is 19.0. The minimum Gasteiger partial charge on any atom is -0.495 e. The van der Waals surface area contributed by atoms with E-state index < -0.39 is 0 Å². The third kappa shape index (κ3) is 5.73. The predicted octanol–water partition coefficient (Wildman–Crippen LogP) is 3.74. The summed E-state index contributed by atoms with van der Waals surface area (Å²) in [5.74, 6) is 2.16. The molecule has 2 heterocycles. The maximum absolute atomic E-state index is 12.4. The van der Waals surface area contributed by atoms with Crippen LogP contribution in [0.5, 0.6) is 5.75 Å². The van der Waals surface area contributed by atoms with Crippen LogP contribution in [0.1, 0.15) is 24.1 Å². The van der Waals surface area contributed by atoms with Crippen LogP contribution < -0.4 is 10.1 Å². The van der Waals surface area contributed by atoms with Crippen molar-refractivity contribution in [2.24, 2.45) is 0 Å². The number of benzene rings is 1. The van der Waals surface area contributed by atoms with Gasteiger partial charge in [0, 0.05) is 17.9 Å². The third-order valence-corrected chi connectivity index (χ3v) is 5.93. The fourth-order valence-electron chi connectivity index (χ4n) is 2.80. The highest BCUT2D eigenvalue weighted by atomic mass is 32.2. The van der Waals surface area contributed by atoms with Crippen molar-refractivity contribution in [1.29, 1.82) is 0 Å². The first-order chi connectivity index (χ1) is 14.5. The van der Waals surface area contributed by atoms with E-state index in [0.717, 1.165) is 22.4 Å². The number of ether oxygens (including phenoxy) is 1. The molecule has 8 nitrogen and oxygen atoms in total. The molecule has 0 unspecified atom stereocenters. The van der Waals surface area contributed by atoms with Gasteiger partial charge in [0.1, 0.15) is 11.6 Å². The van der Waals surface area contributed by atoms with Gasteiger partial charge in [-0.05, 0) is 39.0 Å². The van der Waals surface area contributed by atoms with Gasteiger partial charge in [0.15, 0.2) is 10.3 Å². The second-order valence-corrected chi connectivity index (χ2v) is 8.29. The van der Waals surface area contributed by atoms with E-state index in [-0.39, 0.29) is 11.7 Å². The second kappa shape index (κ2) is 10.4. The highest BCUT2D eigenvalue weighted by Crippen LogP contribution is 2.25. The van der Waals surface area contributed by atoms with Gasteiger partial charge in [0.05, 0.1) is 24.3 Å². The van der Waals surface area contributed by atoms with Crippen LogP contribution >= 0.6 is 23.5 Å². The van der Waals surface area contributed by atoms with Gasteiger partial charge in [-0.25, -0.2) is 9.97 Å². The van der Waals surface area contributed by atoms with Gasteiger partial charge in [-0.15, -0.1) is 10.2 Å². The predicted molar refractivity (Wildman–Crippen MR) is 119 cm³/mol. The molecule has 0 aliphatic heterocycles. The molecule has 0 aliphatic rings. The van der Waals surface area contributed by atoms with E-state index >= 15 is 0 Å². The fraction of sp³-hybridized carbons (Fsp3) is 0.350. The molecule has 0 saturated carbocycles. The average molecular weight is 445 g/mol. The van der Waals surface area contributed by atoms with E-state index in [9.17, 15) is 4.79 Å². The standard InChI is InChI=1S/C20H24N6O2S2/c1-5-26-17(11-29-19-21-13(2)10-14(3)22-19)24-25-20(26)30-12-18(27)23-15-8-6-7-9-16(15)28-4/h6-10H,5,11-12H2,1-4H3,(H,23,27). The van der Waals surface area contributed by atoms with E-state index in [1.54, 1.807) is 19.2 Å². The van der Waals surface area contributed by atoms with Crippen molar-refractivity contribution < 1.29 is 9.53 Å². The Morgan fingerprint density at radius 1 is 1.13 bits per heavy atom. The zero-order chi connectivity index (χ0) is 21.5. The topological polar surface area (TPSA) is 94.8 Å². The summed E-state index contributed by atoms with van der Waals surface area (Å²) in [4.78, 5) is 21.3. The molecule has 3 aromatic rings. The molecule has 3 rings (SSSR count). The van der Waals surface area contributed by atoms with Crippen LogP contribution in [0.2, 0.25) is 0 Å². The molecule has 2 aromatic heterocycles. The van der Waals surface area contributed by atoms with Crippen molar-refractivity contribution in [3.63, 3.8) is 0 Å². The van der Waals surface area contributed by atoms with E-state index in [4.69, 9.17) is 4.74 Å². The van der Waals surface area contributed by atoms with Crippen molar-refractivity contribution in [3.8, 4) is 5.75 Å². The van der Waals surface area contributed by atoms with Crippen molar-refractivity contribution >= 4 is 35.1 Å². The quantitative estimate of drug-likeness (QED) is 0.394. The molecule has 30 heavy (non-hydrogen) atoms. The van der Waals surface area contributed by atoms with E-state index in [0.29, 0.717) is 28.9 Å². The number of amides is 1. The van der Waals surface area contributed by atoms with Crippen LogP contribution in [-0.4, -0.2) is 43.5 Å². The summed E-state index contributed by atoms with van der Waals surface area (Å²) >= 11 is 2.88. The molecule has 1 aromatic carbocycles. The summed E-state index contributed by atoms with van der Waals surface area (Å²) in [5, 5.41) is 12.9. The minimum absolute atomic E-state index is 0.130. The Labute approximate surface area is 184 Å². The number of hydrogen-bond donors (Lipinski definition) is 1. The number of nitrogens with one attached hydrogen (secondary N) is 1. The Kier molecular flexibility index (Phi) is 7.69. The number of carbonyl (C=O) groups excluding carboxylic acids is 1. The molecular formula is C20H24N6O2S2. The average Bonchev–Trinajstić information content (AvgIpc) is 3.12. The van der Waals surface area contributed by atoms with Crippen LogP contribution in [0.3, 0.4) is 0 Å². The number of nitrogens with zero attached hydrogens (tertiary/aromatic N) is 5. The third-order valence-electron chi connectivity index (χ3n) is 4.12. The lowest BCUT2D eigenvalue weighted by atomic mass is 10.3. The van der Waals surface area contributed by atoms with E-state index in [2.05, 4.69) is 25.5 Å². The molecule has 1 N–H and O–H groups in total. The van der Waals surface area contributed by atoms with Gasteiger partial charge in [0.2, 0.25) is 5.91 Å². The highest BCUT2D eigenvalue weighted by Gasteiger charge is 2.15. The number of thioether (sulfide) groups is 2. The molecular weight excluding hydrogens is 420 g/mol. The Balaban J connectivity index is 1.60. The lowest BCUT2D eigenvalue weighted by Crippen LogP contribution is -2.15. The van der Waals surface area contributed by atoms with Gasteiger partial charge >= 0.3 is 0 Å². The Morgan fingerprint density at radius 3 is 2.57 bits per heavy atom. The SMILES string of the molecule is CCn1c(CSc2nc(C)cc(C)n2)nnc1SCC(=O)Nc1ccccc1OC. The van der Waals surface area contributed by atoms with Gasteiger partial charge in [0.25, 0.3) is 0 Å². The van der Waals surface area contributed by atoms with Crippen LogP contribution in [0.25, 0.3) is 0 Å². The van der Waals surface area contributed by atoms with Crippen molar-refractivity contribution in [2.45, 2.75) is 43.4 Å².